The summed E-state index contributed by atoms with van der Waals surface area (Å²) in [7, 11) is 2.20. The highest BCUT2D eigenvalue weighted by Gasteiger charge is 2.29. The maximum atomic E-state index is 11.1. The van der Waals surface area contributed by atoms with E-state index < -0.39 is 45.2 Å². The van der Waals surface area contributed by atoms with Gasteiger partial charge in [-0.2, -0.15) is 0 Å². The molecule has 0 spiro atoms. The van der Waals surface area contributed by atoms with Gasteiger partial charge in [-0.15, -0.1) is 0 Å². The Morgan fingerprint density at radius 2 is 1.77 bits per heavy atom. The van der Waals surface area contributed by atoms with Crippen molar-refractivity contribution in [1.82, 2.24) is 0 Å². The lowest BCUT2D eigenvalue weighted by Gasteiger charge is -2.11. The summed E-state index contributed by atoms with van der Waals surface area (Å²) in [6, 6.07) is 0.932. The van der Waals surface area contributed by atoms with E-state index in [4.69, 9.17) is 19.7 Å². The molecular formula is C12H11NO9. The highest BCUT2D eigenvalue weighted by atomic mass is 16.6. The topological polar surface area (TPSA) is 156 Å². The zero-order chi connectivity index (χ0) is 17.0. The van der Waals surface area contributed by atoms with Crippen molar-refractivity contribution >= 4 is 23.7 Å². The molecule has 0 aromatic heterocycles. The van der Waals surface area contributed by atoms with Gasteiger partial charge in [-0.25, -0.2) is 9.59 Å². The predicted octanol–water partition coefficient (Wildman–Crippen LogP) is 0.870. The molecule has 118 valence electrons. The molecule has 0 aliphatic carbocycles. The fraction of sp³-hybridized carbons (Fsp3) is 0.167. The first kappa shape index (κ1) is 16.8. The molecular weight excluding hydrogens is 302 g/mol. The Hall–Kier alpha value is -3.30. The van der Waals surface area contributed by atoms with Crippen molar-refractivity contribution < 1.29 is 39.3 Å². The Balaban J connectivity index is 3.79. The van der Waals surface area contributed by atoms with Crippen LogP contribution in [0, 0.1) is 10.1 Å². The third kappa shape index (κ3) is 3.06. The van der Waals surface area contributed by atoms with Crippen LogP contribution in [0.1, 0.15) is 5.56 Å². The number of phenolic OH excluding ortho intramolecular Hbond substituents is 1. The molecule has 0 saturated heterocycles. The summed E-state index contributed by atoms with van der Waals surface area (Å²) in [5, 5.41) is 38.5. The van der Waals surface area contributed by atoms with Gasteiger partial charge in [0.2, 0.25) is 11.5 Å². The fourth-order valence-electron chi connectivity index (χ4n) is 1.65. The van der Waals surface area contributed by atoms with Crippen LogP contribution in [0.5, 0.6) is 17.2 Å². The van der Waals surface area contributed by atoms with Crippen molar-refractivity contribution in [3.8, 4) is 17.2 Å². The number of nitrogens with zero attached hydrogens (tertiary/aromatic N) is 1. The molecule has 3 N–H and O–H groups in total. The number of aromatic hydroxyl groups is 1. The van der Waals surface area contributed by atoms with Crippen molar-refractivity contribution in [3.63, 3.8) is 0 Å². The minimum absolute atomic E-state index is 0.246. The van der Waals surface area contributed by atoms with Crippen LogP contribution in [0.4, 0.5) is 5.69 Å². The van der Waals surface area contributed by atoms with Gasteiger partial charge in [0.25, 0.3) is 0 Å². The van der Waals surface area contributed by atoms with Gasteiger partial charge in [0.1, 0.15) is 5.57 Å². The second kappa shape index (κ2) is 6.43. The quantitative estimate of drug-likeness (QED) is 0.228. The van der Waals surface area contributed by atoms with Crippen LogP contribution < -0.4 is 9.47 Å². The number of methoxy groups -OCH3 is 2. The fourth-order valence-corrected chi connectivity index (χ4v) is 1.65. The zero-order valence-electron chi connectivity index (χ0n) is 11.4. The minimum Gasteiger partial charge on any atom is -0.502 e. The summed E-state index contributed by atoms with van der Waals surface area (Å²) in [5.74, 6) is -5.06. The monoisotopic (exact) mass is 313 g/mol. The van der Waals surface area contributed by atoms with E-state index in [1.807, 2.05) is 0 Å². The molecule has 22 heavy (non-hydrogen) atoms. The van der Waals surface area contributed by atoms with E-state index >= 15 is 0 Å². The Kier molecular flexibility index (Phi) is 4.90. The molecule has 1 rings (SSSR count). The average Bonchev–Trinajstić information content (AvgIpc) is 2.43. The molecule has 0 bridgehead atoms. The Morgan fingerprint density at radius 1 is 1.23 bits per heavy atom. The number of hydrogen-bond donors (Lipinski definition) is 3. The van der Waals surface area contributed by atoms with E-state index in [2.05, 4.69) is 0 Å². The summed E-state index contributed by atoms with van der Waals surface area (Å²) in [5.41, 5.74) is -2.30. The van der Waals surface area contributed by atoms with E-state index in [-0.39, 0.29) is 5.75 Å². The highest BCUT2D eigenvalue weighted by molar-refractivity contribution is 6.16. The third-order valence-corrected chi connectivity index (χ3v) is 2.59. The second-order valence-electron chi connectivity index (χ2n) is 3.82. The summed E-state index contributed by atoms with van der Waals surface area (Å²) in [4.78, 5) is 31.9. The van der Waals surface area contributed by atoms with Crippen molar-refractivity contribution in [1.29, 1.82) is 0 Å². The maximum Gasteiger partial charge on any atom is 0.343 e. The van der Waals surface area contributed by atoms with Gasteiger partial charge in [0, 0.05) is 0 Å². The molecule has 0 heterocycles. The number of hydrogen-bond acceptors (Lipinski definition) is 7. The first-order valence-corrected chi connectivity index (χ1v) is 5.55. The van der Waals surface area contributed by atoms with Crippen LogP contribution in [0.25, 0.3) is 6.08 Å². The molecule has 1 aromatic rings. The number of nitro groups is 1. The number of nitro benzene ring substituents is 1. The van der Waals surface area contributed by atoms with Crippen LogP contribution >= 0.6 is 0 Å². The average molecular weight is 313 g/mol. The van der Waals surface area contributed by atoms with Gasteiger partial charge in [-0.05, 0) is 12.1 Å². The van der Waals surface area contributed by atoms with Crippen molar-refractivity contribution in [2.45, 2.75) is 0 Å². The summed E-state index contributed by atoms with van der Waals surface area (Å²) in [6.07, 6.45) is 0.577. The zero-order valence-corrected chi connectivity index (χ0v) is 11.4. The van der Waals surface area contributed by atoms with Crippen LogP contribution in [0.2, 0.25) is 0 Å². The second-order valence-corrected chi connectivity index (χ2v) is 3.82. The minimum atomic E-state index is -1.78. The van der Waals surface area contributed by atoms with E-state index in [0.717, 1.165) is 20.3 Å². The number of benzene rings is 1. The molecule has 0 saturated carbocycles. The van der Waals surface area contributed by atoms with E-state index in [9.17, 15) is 24.8 Å². The Morgan fingerprint density at radius 3 is 2.14 bits per heavy atom. The van der Waals surface area contributed by atoms with E-state index in [1.54, 1.807) is 0 Å². The van der Waals surface area contributed by atoms with Gasteiger partial charge in [-0.3, -0.25) is 10.1 Å². The number of phenols is 1. The standard InChI is InChI=1S/C12H11NO9/c1-21-7-4-5(3-6(11(15)16)12(17)18)8(13(19)20)10(22-2)9(7)14/h3-4,14H,1-2H3,(H,15,16)(H,17,18). The molecule has 0 aliphatic rings. The molecule has 0 aliphatic heterocycles. The van der Waals surface area contributed by atoms with Gasteiger partial charge >= 0.3 is 17.6 Å². The SMILES string of the molecule is COc1cc(C=C(C(=O)O)C(=O)O)c([N+](=O)[O-])c(OC)c1O. The third-order valence-electron chi connectivity index (χ3n) is 2.59. The lowest BCUT2D eigenvalue weighted by molar-refractivity contribution is -0.386. The smallest absolute Gasteiger partial charge is 0.343 e. The van der Waals surface area contributed by atoms with Gasteiger partial charge in [-0.1, -0.05) is 0 Å². The molecule has 0 fully saturated rings. The van der Waals surface area contributed by atoms with Crippen LogP contribution in [-0.2, 0) is 9.59 Å². The number of carboxylic acid groups (broad SMARTS) is 2. The van der Waals surface area contributed by atoms with Crippen LogP contribution in [0.3, 0.4) is 0 Å². The maximum absolute atomic E-state index is 11.1. The van der Waals surface area contributed by atoms with Crippen molar-refractivity contribution in [2.24, 2.45) is 0 Å². The first-order chi connectivity index (χ1) is 10.2. The first-order valence-electron chi connectivity index (χ1n) is 5.55. The Labute approximate surface area is 123 Å². The lowest BCUT2D eigenvalue weighted by Crippen LogP contribution is -2.11. The molecule has 0 radical (unpaired) electrons. The van der Waals surface area contributed by atoms with Crippen molar-refractivity contribution in [3.05, 3.63) is 27.3 Å². The molecule has 0 unspecified atom stereocenters. The lowest BCUT2D eigenvalue weighted by atomic mass is 10.1. The normalized spacial score (nSPS) is 9.73. The number of carboxylic acids is 2. The molecule has 0 atom stereocenters. The van der Waals surface area contributed by atoms with Crippen LogP contribution in [0.15, 0.2) is 11.6 Å². The summed E-state index contributed by atoms with van der Waals surface area (Å²) >= 11 is 0. The van der Waals surface area contributed by atoms with Gasteiger partial charge in [0.15, 0.2) is 5.75 Å². The molecule has 0 amide bonds. The van der Waals surface area contributed by atoms with E-state index in [1.165, 1.54) is 0 Å². The van der Waals surface area contributed by atoms with Gasteiger partial charge in [0.05, 0.1) is 24.7 Å². The van der Waals surface area contributed by atoms with Crippen LogP contribution in [-0.4, -0.2) is 46.4 Å². The number of carbonyl (C=O) groups is 2. The van der Waals surface area contributed by atoms with Crippen molar-refractivity contribution in [2.75, 3.05) is 14.2 Å². The van der Waals surface area contributed by atoms with E-state index in [0.29, 0.717) is 6.08 Å². The summed E-state index contributed by atoms with van der Waals surface area (Å²) < 4.78 is 9.52. The summed E-state index contributed by atoms with van der Waals surface area (Å²) in [6.45, 7) is 0. The number of aliphatic carboxylic acids is 2. The Bertz CT molecular complexity index is 662. The molecule has 10 heteroatoms. The number of ether oxygens (including phenoxy) is 2. The molecule has 1 aromatic carbocycles. The largest absolute Gasteiger partial charge is 0.502 e. The van der Waals surface area contributed by atoms with Gasteiger partial charge < -0.3 is 24.8 Å². The molecule has 10 nitrogen and oxygen atoms in total. The highest BCUT2D eigenvalue weighted by Crippen LogP contribution is 2.46. The predicted molar refractivity (Wildman–Crippen MR) is 71.1 cm³/mol. The number of rotatable bonds is 6.